The number of halogens is 1. The molecule has 1 aliphatic heterocycles. The molecule has 1 aromatic rings. The standard InChI is InChI=1S/C13H17FNO4S/c1-20(17,18)19-10-15(8-2-3-9-15)13(16)11-4-6-12(14)7-5-11/h4-7H,2-3,8-10H2,1H3/q+1. The first-order valence-electron chi connectivity index (χ1n) is 6.33. The van der Waals surface area contributed by atoms with Crippen molar-refractivity contribution in [3.8, 4) is 0 Å². The first-order chi connectivity index (χ1) is 9.32. The average molecular weight is 302 g/mol. The zero-order chi connectivity index (χ0) is 14.8. The van der Waals surface area contributed by atoms with Crippen LogP contribution in [0.4, 0.5) is 4.39 Å². The Kier molecular flexibility index (Phi) is 4.22. The molecule has 110 valence electrons. The minimum Gasteiger partial charge on any atom is -0.233 e. The third kappa shape index (κ3) is 3.41. The Morgan fingerprint density at radius 1 is 1.25 bits per heavy atom. The van der Waals surface area contributed by atoms with E-state index in [9.17, 15) is 17.6 Å². The quantitative estimate of drug-likeness (QED) is 0.625. The van der Waals surface area contributed by atoms with Gasteiger partial charge < -0.3 is 0 Å². The Labute approximate surface area is 117 Å². The molecule has 0 aromatic heterocycles. The van der Waals surface area contributed by atoms with Gasteiger partial charge in [0.25, 0.3) is 10.1 Å². The third-order valence-electron chi connectivity index (χ3n) is 3.46. The second-order valence-corrected chi connectivity index (χ2v) is 6.71. The number of likely N-dealkylation sites (tertiary alicyclic amines) is 1. The highest BCUT2D eigenvalue weighted by atomic mass is 32.2. The van der Waals surface area contributed by atoms with Gasteiger partial charge in [0.2, 0.25) is 6.73 Å². The molecule has 1 fully saturated rings. The highest BCUT2D eigenvalue weighted by molar-refractivity contribution is 7.85. The average Bonchev–Trinajstić information content (AvgIpc) is 2.86. The third-order valence-corrected chi connectivity index (χ3v) is 3.99. The predicted molar refractivity (Wildman–Crippen MR) is 70.8 cm³/mol. The van der Waals surface area contributed by atoms with Crippen molar-refractivity contribution in [1.82, 2.24) is 0 Å². The molecule has 1 heterocycles. The van der Waals surface area contributed by atoms with E-state index >= 15 is 0 Å². The lowest BCUT2D eigenvalue weighted by Gasteiger charge is -2.30. The number of rotatable bonds is 4. The molecule has 2 rings (SSSR count). The van der Waals surface area contributed by atoms with Crippen LogP contribution in [0.15, 0.2) is 24.3 Å². The van der Waals surface area contributed by atoms with Gasteiger partial charge in [-0.05, 0) is 24.3 Å². The van der Waals surface area contributed by atoms with Gasteiger partial charge in [0.15, 0.2) is 0 Å². The smallest absolute Gasteiger partial charge is 0.233 e. The van der Waals surface area contributed by atoms with Crippen molar-refractivity contribution in [3.05, 3.63) is 35.6 Å². The van der Waals surface area contributed by atoms with Crippen LogP contribution in [-0.2, 0) is 14.3 Å². The van der Waals surface area contributed by atoms with Crippen molar-refractivity contribution >= 4 is 16.0 Å². The molecular formula is C13H17FNO4S+. The molecule has 5 nitrogen and oxygen atoms in total. The maximum atomic E-state index is 12.9. The summed E-state index contributed by atoms with van der Waals surface area (Å²) in [4.78, 5) is 12.6. The van der Waals surface area contributed by atoms with Gasteiger partial charge in [0.05, 0.1) is 24.9 Å². The minimum atomic E-state index is -3.60. The molecule has 0 bridgehead atoms. The first-order valence-corrected chi connectivity index (χ1v) is 8.15. The van der Waals surface area contributed by atoms with Crippen molar-refractivity contribution in [1.29, 1.82) is 0 Å². The van der Waals surface area contributed by atoms with Gasteiger partial charge in [0.1, 0.15) is 5.82 Å². The summed E-state index contributed by atoms with van der Waals surface area (Å²) in [5.74, 6) is -0.645. The van der Waals surface area contributed by atoms with Crippen molar-refractivity contribution in [2.24, 2.45) is 0 Å². The Balaban J connectivity index is 2.23. The van der Waals surface area contributed by atoms with Gasteiger partial charge in [-0.1, -0.05) is 0 Å². The van der Waals surface area contributed by atoms with Crippen LogP contribution in [0.25, 0.3) is 0 Å². The number of nitrogens with zero attached hydrogens (tertiary/aromatic N) is 1. The van der Waals surface area contributed by atoms with E-state index in [2.05, 4.69) is 0 Å². The summed E-state index contributed by atoms with van der Waals surface area (Å²) < 4.78 is 40.0. The van der Waals surface area contributed by atoms with Gasteiger partial charge in [-0.3, -0.25) is 0 Å². The van der Waals surface area contributed by atoms with Crippen LogP contribution in [0, 0.1) is 5.82 Å². The van der Waals surface area contributed by atoms with Crippen LogP contribution >= 0.6 is 0 Å². The van der Waals surface area contributed by atoms with Crippen LogP contribution in [0.3, 0.4) is 0 Å². The second kappa shape index (κ2) is 5.59. The number of benzene rings is 1. The number of carbonyl (C=O) groups is 1. The van der Waals surface area contributed by atoms with Crippen LogP contribution in [-0.4, -0.2) is 44.9 Å². The van der Waals surface area contributed by atoms with E-state index in [1.54, 1.807) is 0 Å². The molecule has 7 heteroatoms. The number of carbonyl (C=O) groups excluding carboxylic acids is 1. The zero-order valence-electron chi connectivity index (χ0n) is 11.2. The molecule has 0 unspecified atom stereocenters. The Hall–Kier alpha value is -1.31. The highest BCUT2D eigenvalue weighted by Gasteiger charge is 2.41. The Bertz CT molecular complexity index is 591. The molecule has 0 radical (unpaired) electrons. The summed E-state index contributed by atoms with van der Waals surface area (Å²) in [5.41, 5.74) is 0.366. The summed E-state index contributed by atoms with van der Waals surface area (Å²) in [6.07, 6.45) is 2.63. The summed E-state index contributed by atoms with van der Waals surface area (Å²) in [5, 5.41) is 0. The minimum absolute atomic E-state index is 0.0568. The Morgan fingerprint density at radius 3 is 2.30 bits per heavy atom. The van der Waals surface area contributed by atoms with E-state index in [0.717, 1.165) is 19.1 Å². The second-order valence-electron chi connectivity index (χ2n) is 5.06. The van der Waals surface area contributed by atoms with Gasteiger partial charge >= 0.3 is 5.91 Å². The molecule has 0 saturated carbocycles. The van der Waals surface area contributed by atoms with Crippen LogP contribution in [0.2, 0.25) is 0 Å². The fourth-order valence-electron chi connectivity index (χ4n) is 2.39. The molecule has 0 atom stereocenters. The normalized spacial score (nSPS) is 18.1. The molecule has 0 aliphatic carbocycles. The van der Waals surface area contributed by atoms with Crippen molar-refractivity contribution in [3.63, 3.8) is 0 Å². The lowest BCUT2D eigenvalue weighted by Crippen LogP contribution is -2.52. The van der Waals surface area contributed by atoms with Crippen molar-refractivity contribution < 1.29 is 26.3 Å². The maximum Gasteiger partial charge on any atom is 0.347 e. The van der Waals surface area contributed by atoms with E-state index in [4.69, 9.17) is 4.18 Å². The molecular weight excluding hydrogens is 285 g/mol. The fraction of sp³-hybridized carbons (Fsp3) is 0.462. The van der Waals surface area contributed by atoms with Gasteiger partial charge in [-0.2, -0.15) is 8.42 Å². The lowest BCUT2D eigenvalue weighted by atomic mass is 10.2. The zero-order valence-corrected chi connectivity index (χ0v) is 12.0. The summed E-state index contributed by atoms with van der Waals surface area (Å²) in [6, 6.07) is 5.27. The Morgan fingerprint density at radius 2 is 1.80 bits per heavy atom. The van der Waals surface area contributed by atoms with Crippen LogP contribution in [0.1, 0.15) is 23.2 Å². The largest absolute Gasteiger partial charge is 0.347 e. The molecule has 1 saturated heterocycles. The lowest BCUT2D eigenvalue weighted by molar-refractivity contribution is -0.853. The van der Waals surface area contributed by atoms with Gasteiger partial charge in [0, 0.05) is 12.8 Å². The summed E-state index contributed by atoms with van der Waals surface area (Å²) >= 11 is 0. The monoisotopic (exact) mass is 302 g/mol. The van der Waals surface area contributed by atoms with Crippen LogP contribution in [0.5, 0.6) is 0 Å². The van der Waals surface area contributed by atoms with Crippen molar-refractivity contribution in [2.45, 2.75) is 12.8 Å². The first kappa shape index (κ1) is 15.1. The number of amides is 1. The van der Waals surface area contributed by atoms with Crippen molar-refractivity contribution in [2.75, 3.05) is 26.1 Å². The van der Waals surface area contributed by atoms with E-state index < -0.39 is 15.9 Å². The summed E-state index contributed by atoms with van der Waals surface area (Å²) in [7, 11) is -3.60. The number of hydrogen-bond donors (Lipinski definition) is 0. The molecule has 20 heavy (non-hydrogen) atoms. The topological polar surface area (TPSA) is 60.4 Å². The number of hydrogen-bond acceptors (Lipinski definition) is 4. The highest BCUT2D eigenvalue weighted by Crippen LogP contribution is 2.24. The molecule has 1 aromatic carbocycles. The van der Waals surface area contributed by atoms with Gasteiger partial charge in [-0.25, -0.2) is 17.9 Å². The predicted octanol–water partition coefficient (Wildman–Crippen LogP) is 1.51. The van der Waals surface area contributed by atoms with E-state index in [1.807, 2.05) is 0 Å². The van der Waals surface area contributed by atoms with Crippen LogP contribution < -0.4 is 0 Å². The molecule has 0 N–H and O–H groups in total. The van der Waals surface area contributed by atoms with Gasteiger partial charge in [-0.15, -0.1) is 0 Å². The summed E-state index contributed by atoms with van der Waals surface area (Å²) in [6.45, 7) is 0.868. The van der Waals surface area contributed by atoms with E-state index in [1.165, 1.54) is 24.3 Å². The number of quaternary nitrogens is 1. The molecule has 1 amide bonds. The SMILES string of the molecule is CS(=O)(=O)OC[N+]1(C(=O)c2ccc(F)cc2)CCCC1. The molecule has 0 spiro atoms. The van der Waals surface area contributed by atoms with E-state index in [0.29, 0.717) is 18.7 Å². The molecule has 1 aliphatic rings. The maximum absolute atomic E-state index is 12.9. The van der Waals surface area contributed by atoms with E-state index in [-0.39, 0.29) is 17.1 Å². The fourth-order valence-corrected chi connectivity index (χ4v) is 2.79.